The molecule has 1 atom stereocenters. The first-order chi connectivity index (χ1) is 10.4. The van der Waals surface area contributed by atoms with Gasteiger partial charge in [-0.2, -0.15) is 0 Å². The van der Waals surface area contributed by atoms with Crippen LogP contribution in [-0.2, 0) is 4.79 Å². The Morgan fingerprint density at radius 2 is 2.05 bits per heavy atom. The number of carbonyl (C=O) groups excluding carboxylic acids is 2. The summed E-state index contributed by atoms with van der Waals surface area (Å²) in [4.78, 5) is 28.0. The molecule has 2 fully saturated rings. The van der Waals surface area contributed by atoms with Crippen LogP contribution in [0.3, 0.4) is 0 Å². The Hall–Kier alpha value is -2.04. The topological polar surface area (TPSA) is 52.7 Å². The molecule has 2 aliphatic heterocycles. The molecule has 2 aliphatic rings. The number of nitrogens with zero attached hydrogens (tertiary/aromatic N) is 2. The van der Waals surface area contributed by atoms with Crippen molar-refractivity contribution < 1.29 is 9.59 Å². The van der Waals surface area contributed by atoms with Crippen LogP contribution >= 0.6 is 0 Å². The molecule has 1 aromatic carbocycles. The molecule has 3 amide bonds. The molecule has 5 heteroatoms. The molecule has 0 bridgehead atoms. The van der Waals surface area contributed by atoms with Gasteiger partial charge in [-0.1, -0.05) is 12.1 Å². The van der Waals surface area contributed by atoms with Crippen LogP contribution in [-0.4, -0.2) is 47.4 Å². The molecule has 5 nitrogen and oxygen atoms in total. The number of likely N-dealkylation sites (tertiary alicyclic amines) is 2. The van der Waals surface area contributed by atoms with Gasteiger partial charge in [0, 0.05) is 32.2 Å². The molecule has 1 N–H and O–H groups in total. The predicted octanol–water partition coefficient (Wildman–Crippen LogP) is 2.53. The highest BCUT2D eigenvalue weighted by molar-refractivity contribution is 5.91. The minimum absolute atomic E-state index is 0.0710. The molecule has 2 heterocycles. The van der Waals surface area contributed by atoms with Gasteiger partial charge >= 0.3 is 6.03 Å². The number of hydrogen-bond donors (Lipinski definition) is 1. The molecule has 22 heavy (non-hydrogen) atoms. The highest BCUT2D eigenvalue weighted by atomic mass is 16.2. The Bertz CT molecular complexity index is 628. The van der Waals surface area contributed by atoms with Crippen LogP contribution < -0.4 is 5.32 Å². The molecule has 2 saturated heterocycles. The van der Waals surface area contributed by atoms with E-state index in [2.05, 4.69) is 5.32 Å². The number of anilines is 1. The fourth-order valence-electron chi connectivity index (χ4n) is 3.53. The van der Waals surface area contributed by atoms with Gasteiger partial charge in [0.1, 0.15) is 0 Å². The Kier molecular flexibility index (Phi) is 3.59. The van der Waals surface area contributed by atoms with Gasteiger partial charge in [0.2, 0.25) is 5.91 Å². The first-order valence-corrected chi connectivity index (χ1v) is 7.82. The maximum atomic E-state index is 12.5. The quantitative estimate of drug-likeness (QED) is 0.866. The van der Waals surface area contributed by atoms with Crippen molar-refractivity contribution >= 4 is 17.6 Å². The third kappa shape index (κ3) is 2.34. The van der Waals surface area contributed by atoms with Crippen molar-refractivity contribution in [3.05, 3.63) is 29.3 Å². The lowest BCUT2D eigenvalue weighted by molar-refractivity contribution is -0.129. The summed E-state index contributed by atoms with van der Waals surface area (Å²) in [5, 5.41) is 3.01. The van der Waals surface area contributed by atoms with Crippen molar-refractivity contribution in [3.8, 4) is 0 Å². The van der Waals surface area contributed by atoms with E-state index in [0.29, 0.717) is 19.5 Å². The van der Waals surface area contributed by atoms with Gasteiger partial charge in [-0.25, -0.2) is 4.79 Å². The van der Waals surface area contributed by atoms with Crippen LogP contribution in [0.1, 0.15) is 30.4 Å². The zero-order valence-electron chi connectivity index (χ0n) is 13.5. The lowest BCUT2D eigenvalue weighted by Gasteiger charge is -2.31. The van der Waals surface area contributed by atoms with Gasteiger partial charge in [-0.3, -0.25) is 4.79 Å². The molecule has 0 saturated carbocycles. The van der Waals surface area contributed by atoms with Crippen molar-refractivity contribution in [3.63, 3.8) is 0 Å². The van der Waals surface area contributed by atoms with Gasteiger partial charge in [0.25, 0.3) is 0 Å². The highest BCUT2D eigenvalue weighted by Crippen LogP contribution is 2.37. The van der Waals surface area contributed by atoms with E-state index >= 15 is 0 Å². The van der Waals surface area contributed by atoms with Crippen LogP contribution in [0.5, 0.6) is 0 Å². The molecular formula is C17H23N3O2. The van der Waals surface area contributed by atoms with Crippen LogP contribution in [0.4, 0.5) is 10.5 Å². The van der Waals surface area contributed by atoms with Crippen LogP contribution in [0.15, 0.2) is 18.2 Å². The van der Waals surface area contributed by atoms with Gasteiger partial charge in [0.05, 0.1) is 5.54 Å². The smallest absolute Gasteiger partial charge is 0.321 e. The first kappa shape index (κ1) is 14.9. The largest absolute Gasteiger partial charge is 0.338 e. The van der Waals surface area contributed by atoms with Crippen LogP contribution in [0.25, 0.3) is 0 Å². The number of hydrogen-bond acceptors (Lipinski definition) is 2. The zero-order chi connectivity index (χ0) is 15.9. The minimum atomic E-state index is -0.143. The number of nitrogens with one attached hydrogen (secondary N) is 1. The fraction of sp³-hybridized carbons (Fsp3) is 0.529. The monoisotopic (exact) mass is 301 g/mol. The second-order valence-electron chi connectivity index (χ2n) is 6.53. The van der Waals surface area contributed by atoms with Crippen molar-refractivity contribution in [2.24, 2.45) is 0 Å². The van der Waals surface area contributed by atoms with Gasteiger partial charge < -0.3 is 15.1 Å². The SMILES string of the molecule is Cc1cccc(NC(=O)N2CCC3(CCC(=O)N3C)C2)c1C. The molecule has 1 unspecified atom stereocenters. The zero-order valence-corrected chi connectivity index (χ0v) is 13.5. The van der Waals surface area contributed by atoms with Gasteiger partial charge in [-0.15, -0.1) is 0 Å². The molecular weight excluding hydrogens is 278 g/mol. The average Bonchev–Trinajstić information content (AvgIpc) is 3.05. The van der Waals surface area contributed by atoms with Crippen LogP contribution in [0.2, 0.25) is 0 Å². The summed E-state index contributed by atoms with van der Waals surface area (Å²) in [7, 11) is 1.86. The third-order valence-electron chi connectivity index (χ3n) is 5.36. The fourth-order valence-corrected chi connectivity index (χ4v) is 3.53. The molecule has 0 aliphatic carbocycles. The van der Waals surface area contributed by atoms with Crippen molar-refractivity contribution in [2.75, 3.05) is 25.5 Å². The third-order valence-corrected chi connectivity index (χ3v) is 5.36. The van der Waals surface area contributed by atoms with Crippen molar-refractivity contribution in [1.29, 1.82) is 0 Å². The summed E-state index contributed by atoms with van der Waals surface area (Å²) in [6, 6.07) is 5.84. The molecule has 0 aromatic heterocycles. The molecule has 1 spiro atoms. The Morgan fingerprint density at radius 1 is 1.27 bits per heavy atom. The maximum Gasteiger partial charge on any atom is 0.321 e. The standard InChI is InChI=1S/C17H23N3O2/c1-12-5-4-6-14(13(12)2)18-16(22)20-10-9-17(11-20)8-7-15(21)19(17)3/h4-6H,7-11H2,1-3H3,(H,18,22). The Morgan fingerprint density at radius 3 is 2.73 bits per heavy atom. The predicted molar refractivity (Wildman–Crippen MR) is 85.9 cm³/mol. The summed E-state index contributed by atoms with van der Waals surface area (Å²) in [5.41, 5.74) is 2.98. The molecule has 0 radical (unpaired) electrons. The number of aryl methyl sites for hydroxylation is 1. The number of rotatable bonds is 1. The number of likely N-dealkylation sites (N-methyl/N-ethyl adjacent to an activating group) is 1. The lowest BCUT2D eigenvalue weighted by atomic mass is 9.96. The number of urea groups is 1. The van der Waals surface area contributed by atoms with E-state index < -0.39 is 0 Å². The Labute approximate surface area is 131 Å². The maximum absolute atomic E-state index is 12.5. The lowest BCUT2D eigenvalue weighted by Crippen LogP contribution is -2.46. The van der Waals surface area contributed by atoms with Crippen molar-refractivity contribution in [1.82, 2.24) is 9.80 Å². The van der Waals surface area contributed by atoms with E-state index in [-0.39, 0.29) is 17.5 Å². The minimum Gasteiger partial charge on any atom is -0.338 e. The second-order valence-corrected chi connectivity index (χ2v) is 6.53. The first-order valence-electron chi connectivity index (χ1n) is 7.82. The van der Waals surface area contributed by atoms with E-state index in [4.69, 9.17) is 0 Å². The molecule has 3 rings (SSSR count). The number of benzene rings is 1. The van der Waals surface area contributed by atoms with E-state index in [1.54, 1.807) is 0 Å². The Balaban J connectivity index is 1.70. The molecule has 1 aromatic rings. The van der Waals surface area contributed by atoms with E-state index in [9.17, 15) is 9.59 Å². The van der Waals surface area contributed by atoms with E-state index in [1.165, 1.54) is 0 Å². The normalized spacial score (nSPS) is 24.4. The second kappa shape index (κ2) is 5.30. The number of amides is 3. The summed E-state index contributed by atoms with van der Waals surface area (Å²) < 4.78 is 0. The molecule has 118 valence electrons. The average molecular weight is 301 g/mol. The highest BCUT2D eigenvalue weighted by Gasteiger charge is 2.48. The van der Waals surface area contributed by atoms with E-state index in [1.807, 2.05) is 48.9 Å². The van der Waals surface area contributed by atoms with Gasteiger partial charge in [0.15, 0.2) is 0 Å². The summed E-state index contributed by atoms with van der Waals surface area (Å²) in [6.07, 6.45) is 2.33. The summed E-state index contributed by atoms with van der Waals surface area (Å²) in [6.45, 7) is 5.38. The summed E-state index contributed by atoms with van der Waals surface area (Å²) >= 11 is 0. The van der Waals surface area contributed by atoms with Gasteiger partial charge in [-0.05, 0) is 43.9 Å². The van der Waals surface area contributed by atoms with E-state index in [0.717, 1.165) is 29.7 Å². The van der Waals surface area contributed by atoms with Crippen molar-refractivity contribution in [2.45, 2.75) is 38.6 Å². The summed E-state index contributed by atoms with van der Waals surface area (Å²) in [5.74, 6) is 0.191. The number of carbonyl (C=O) groups is 2. The van der Waals surface area contributed by atoms with Crippen LogP contribution in [0, 0.1) is 13.8 Å².